The minimum atomic E-state index is -0.481. The van der Waals surface area contributed by atoms with E-state index in [1.165, 1.54) is 12.1 Å². The first-order chi connectivity index (χ1) is 9.06. The molecule has 0 bridgehead atoms. The summed E-state index contributed by atoms with van der Waals surface area (Å²) >= 11 is 0. The van der Waals surface area contributed by atoms with Crippen molar-refractivity contribution < 1.29 is 9.72 Å². The first-order valence-corrected chi connectivity index (χ1v) is 6.05. The van der Waals surface area contributed by atoms with Gasteiger partial charge in [-0.25, -0.2) is 4.79 Å². The number of piperazine rings is 1. The van der Waals surface area contributed by atoms with E-state index >= 15 is 0 Å². The van der Waals surface area contributed by atoms with Gasteiger partial charge in [0.1, 0.15) is 0 Å². The highest BCUT2D eigenvalue weighted by molar-refractivity contribution is 5.89. The van der Waals surface area contributed by atoms with Crippen molar-refractivity contribution in [1.82, 2.24) is 9.80 Å². The van der Waals surface area contributed by atoms with Gasteiger partial charge in [0.25, 0.3) is 5.69 Å². The zero-order valence-electron chi connectivity index (χ0n) is 10.7. The Hall–Kier alpha value is -2.15. The van der Waals surface area contributed by atoms with Crippen LogP contribution in [-0.2, 0) is 0 Å². The number of carbonyl (C=O) groups is 1. The van der Waals surface area contributed by atoms with E-state index in [-0.39, 0.29) is 11.7 Å². The molecule has 0 spiro atoms. The van der Waals surface area contributed by atoms with Gasteiger partial charge in [0, 0.05) is 44.0 Å². The van der Waals surface area contributed by atoms with Gasteiger partial charge in [0.05, 0.1) is 4.92 Å². The Labute approximate surface area is 110 Å². The number of benzene rings is 1. The molecule has 1 aliphatic heterocycles. The molecule has 1 heterocycles. The summed E-state index contributed by atoms with van der Waals surface area (Å²) in [5.74, 6) is 0. The minimum Gasteiger partial charge on any atom is -0.322 e. The van der Waals surface area contributed by atoms with Gasteiger partial charge in [-0.05, 0) is 13.1 Å². The van der Waals surface area contributed by atoms with Crippen molar-refractivity contribution in [3.05, 3.63) is 34.4 Å². The molecule has 0 atom stereocenters. The molecule has 0 unspecified atom stereocenters. The maximum Gasteiger partial charge on any atom is 0.321 e. The van der Waals surface area contributed by atoms with Crippen LogP contribution in [0.4, 0.5) is 16.2 Å². The molecular formula is C12H16N4O3. The number of nitrogens with zero attached hydrogens (tertiary/aromatic N) is 3. The molecule has 7 heteroatoms. The first kappa shape index (κ1) is 13.3. The Morgan fingerprint density at radius 2 is 2.00 bits per heavy atom. The van der Waals surface area contributed by atoms with Crippen LogP contribution in [0.3, 0.4) is 0 Å². The van der Waals surface area contributed by atoms with Gasteiger partial charge in [-0.2, -0.15) is 0 Å². The normalized spacial score (nSPS) is 16.2. The predicted octanol–water partition coefficient (Wildman–Crippen LogP) is 1.37. The quantitative estimate of drug-likeness (QED) is 0.646. The lowest BCUT2D eigenvalue weighted by atomic mass is 10.3. The standard InChI is InChI=1S/C12H16N4O3/c1-14-5-7-15(8-6-14)12(17)13-10-3-2-4-11(9-10)16(18)19/h2-4,9H,5-8H2,1H3,(H,13,17). The molecule has 7 nitrogen and oxygen atoms in total. The Bertz CT molecular complexity index is 484. The Balaban J connectivity index is 1.98. The Morgan fingerprint density at radius 3 is 2.63 bits per heavy atom. The van der Waals surface area contributed by atoms with Gasteiger partial charge >= 0.3 is 6.03 Å². The second-order valence-corrected chi connectivity index (χ2v) is 4.53. The molecule has 1 aromatic rings. The van der Waals surface area contributed by atoms with Crippen LogP contribution in [0, 0.1) is 10.1 Å². The molecule has 1 saturated heterocycles. The second kappa shape index (κ2) is 5.66. The van der Waals surface area contributed by atoms with E-state index in [0.29, 0.717) is 18.8 Å². The van der Waals surface area contributed by atoms with Crippen LogP contribution in [0.25, 0.3) is 0 Å². The molecule has 2 rings (SSSR count). The maximum atomic E-state index is 12.0. The Kier molecular flexibility index (Phi) is 3.96. The number of likely N-dealkylation sites (N-methyl/N-ethyl adjacent to an activating group) is 1. The molecule has 1 aromatic carbocycles. The number of rotatable bonds is 2. The van der Waals surface area contributed by atoms with E-state index in [2.05, 4.69) is 10.2 Å². The second-order valence-electron chi connectivity index (χ2n) is 4.53. The summed E-state index contributed by atoms with van der Waals surface area (Å²) < 4.78 is 0. The van der Waals surface area contributed by atoms with Crippen LogP contribution in [0.15, 0.2) is 24.3 Å². The van der Waals surface area contributed by atoms with Gasteiger partial charge in [0.15, 0.2) is 0 Å². The van der Waals surface area contributed by atoms with Crippen molar-refractivity contribution in [2.45, 2.75) is 0 Å². The summed E-state index contributed by atoms with van der Waals surface area (Å²) in [4.78, 5) is 26.0. The van der Waals surface area contributed by atoms with E-state index < -0.39 is 4.92 Å². The molecule has 1 N–H and O–H groups in total. The van der Waals surface area contributed by atoms with Crippen molar-refractivity contribution in [2.24, 2.45) is 0 Å². The summed E-state index contributed by atoms with van der Waals surface area (Å²) in [7, 11) is 2.01. The fourth-order valence-electron chi connectivity index (χ4n) is 1.91. The highest BCUT2D eigenvalue weighted by atomic mass is 16.6. The minimum absolute atomic E-state index is 0.0313. The third-order valence-corrected chi connectivity index (χ3v) is 3.10. The molecule has 0 saturated carbocycles. The number of hydrogen-bond donors (Lipinski definition) is 1. The lowest BCUT2D eigenvalue weighted by Gasteiger charge is -2.32. The van der Waals surface area contributed by atoms with Gasteiger partial charge in [-0.1, -0.05) is 6.07 Å². The van der Waals surface area contributed by atoms with E-state index in [1.807, 2.05) is 7.05 Å². The molecule has 1 fully saturated rings. The predicted molar refractivity (Wildman–Crippen MR) is 71.2 cm³/mol. The van der Waals surface area contributed by atoms with Crippen LogP contribution in [0.2, 0.25) is 0 Å². The van der Waals surface area contributed by atoms with Crippen LogP contribution in [0.5, 0.6) is 0 Å². The number of non-ortho nitro benzene ring substituents is 1. The van der Waals surface area contributed by atoms with Crippen LogP contribution in [-0.4, -0.2) is 54.0 Å². The molecule has 2 amide bonds. The van der Waals surface area contributed by atoms with Crippen molar-refractivity contribution in [1.29, 1.82) is 0 Å². The largest absolute Gasteiger partial charge is 0.322 e. The highest BCUT2D eigenvalue weighted by Crippen LogP contribution is 2.17. The number of nitrogens with one attached hydrogen (secondary N) is 1. The van der Waals surface area contributed by atoms with E-state index in [4.69, 9.17) is 0 Å². The highest BCUT2D eigenvalue weighted by Gasteiger charge is 2.19. The lowest BCUT2D eigenvalue weighted by Crippen LogP contribution is -2.48. The fourth-order valence-corrected chi connectivity index (χ4v) is 1.91. The van der Waals surface area contributed by atoms with E-state index in [9.17, 15) is 14.9 Å². The van der Waals surface area contributed by atoms with Crippen molar-refractivity contribution in [3.63, 3.8) is 0 Å². The summed E-state index contributed by atoms with van der Waals surface area (Å²) in [5.41, 5.74) is 0.411. The smallest absolute Gasteiger partial charge is 0.321 e. The first-order valence-electron chi connectivity index (χ1n) is 6.05. The lowest BCUT2D eigenvalue weighted by molar-refractivity contribution is -0.384. The topological polar surface area (TPSA) is 78.7 Å². The van der Waals surface area contributed by atoms with Gasteiger partial charge < -0.3 is 15.1 Å². The monoisotopic (exact) mass is 264 g/mol. The van der Waals surface area contributed by atoms with Gasteiger partial charge in [-0.3, -0.25) is 10.1 Å². The van der Waals surface area contributed by atoms with Crippen LogP contribution >= 0.6 is 0 Å². The van der Waals surface area contributed by atoms with E-state index in [1.54, 1.807) is 17.0 Å². The average Bonchev–Trinajstić information content (AvgIpc) is 2.39. The van der Waals surface area contributed by atoms with E-state index in [0.717, 1.165) is 13.1 Å². The molecule has 102 valence electrons. The molecule has 1 aliphatic rings. The van der Waals surface area contributed by atoms with Crippen LogP contribution < -0.4 is 5.32 Å². The summed E-state index contributed by atoms with van der Waals surface area (Å²) in [6, 6.07) is 5.73. The maximum absolute atomic E-state index is 12.0. The number of urea groups is 1. The number of nitro benzene ring substituents is 1. The summed E-state index contributed by atoms with van der Waals surface area (Å²) in [6.07, 6.45) is 0. The van der Waals surface area contributed by atoms with Crippen molar-refractivity contribution in [2.75, 3.05) is 38.5 Å². The Morgan fingerprint density at radius 1 is 1.32 bits per heavy atom. The fraction of sp³-hybridized carbons (Fsp3) is 0.417. The number of anilines is 1. The number of carbonyl (C=O) groups excluding carboxylic acids is 1. The molecule has 0 aliphatic carbocycles. The molecule has 19 heavy (non-hydrogen) atoms. The number of amides is 2. The average molecular weight is 264 g/mol. The van der Waals surface area contributed by atoms with Crippen molar-refractivity contribution in [3.8, 4) is 0 Å². The third kappa shape index (κ3) is 3.41. The number of nitro groups is 1. The zero-order valence-corrected chi connectivity index (χ0v) is 10.7. The molecule has 0 aromatic heterocycles. The summed E-state index contributed by atoms with van der Waals surface area (Å²) in [5, 5.41) is 13.3. The van der Waals surface area contributed by atoms with Crippen LogP contribution in [0.1, 0.15) is 0 Å². The third-order valence-electron chi connectivity index (χ3n) is 3.10. The number of hydrogen-bond acceptors (Lipinski definition) is 4. The molecular weight excluding hydrogens is 248 g/mol. The van der Waals surface area contributed by atoms with Gasteiger partial charge in [0.2, 0.25) is 0 Å². The molecule has 0 radical (unpaired) electrons. The van der Waals surface area contributed by atoms with Gasteiger partial charge in [-0.15, -0.1) is 0 Å². The summed E-state index contributed by atoms with van der Waals surface area (Å²) in [6.45, 7) is 3.00. The SMILES string of the molecule is CN1CCN(C(=O)Nc2cccc([N+](=O)[O-])c2)CC1. The van der Waals surface area contributed by atoms with Crippen molar-refractivity contribution >= 4 is 17.4 Å². The zero-order chi connectivity index (χ0) is 13.8.